The van der Waals surface area contributed by atoms with E-state index in [-0.39, 0.29) is 22.7 Å². The lowest BCUT2D eigenvalue weighted by Crippen LogP contribution is -2.39. The first kappa shape index (κ1) is 24.2. The summed E-state index contributed by atoms with van der Waals surface area (Å²) in [6.45, 7) is 1.86. The minimum Gasteiger partial charge on any atom is -0.406 e. The predicted octanol–water partition coefficient (Wildman–Crippen LogP) is 4.87. The summed E-state index contributed by atoms with van der Waals surface area (Å²) in [5.74, 6) is -0.312. The Morgan fingerprint density at radius 3 is 2.38 bits per heavy atom. The average Bonchev–Trinajstić information content (AvgIpc) is 3.33. The Balaban J connectivity index is 1.51. The maximum Gasteiger partial charge on any atom is 0.573 e. The summed E-state index contributed by atoms with van der Waals surface area (Å²) in [4.78, 5) is 0.210. The van der Waals surface area contributed by atoms with Crippen molar-refractivity contribution in [2.75, 3.05) is 0 Å². The Labute approximate surface area is 196 Å². The van der Waals surface area contributed by atoms with Crippen LogP contribution in [0.25, 0.3) is 11.1 Å². The molecule has 1 fully saturated rings. The maximum absolute atomic E-state index is 13.2. The molecule has 182 valence electrons. The monoisotopic (exact) mass is 494 g/mol. The first-order chi connectivity index (χ1) is 16.1. The van der Waals surface area contributed by atoms with Gasteiger partial charge in [0.05, 0.1) is 4.90 Å². The van der Waals surface area contributed by atoms with Crippen LogP contribution in [0.5, 0.6) is 5.75 Å². The molecule has 4 rings (SSSR count). The molecule has 0 bridgehead atoms. The van der Waals surface area contributed by atoms with Gasteiger partial charge in [0.25, 0.3) is 0 Å². The highest BCUT2D eigenvalue weighted by Gasteiger charge is 2.31. The third kappa shape index (κ3) is 5.76. The molecule has 1 heterocycles. The molecule has 0 amide bonds. The lowest BCUT2D eigenvalue weighted by atomic mass is 9.91. The first-order valence-electron chi connectivity index (χ1n) is 11.0. The van der Waals surface area contributed by atoms with E-state index < -0.39 is 16.4 Å². The fourth-order valence-corrected chi connectivity index (χ4v) is 5.94. The summed E-state index contributed by atoms with van der Waals surface area (Å²) in [6.07, 6.45) is 2.27. The molecular formula is C23H25F3N4O3S. The Hall–Kier alpha value is -2.92. The average molecular weight is 495 g/mol. The second-order valence-corrected chi connectivity index (χ2v) is 9.98. The molecule has 0 aliphatic heterocycles. The van der Waals surface area contributed by atoms with Crippen molar-refractivity contribution in [2.24, 2.45) is 0 Å². The maximum atomic E-state index is 13.2. The van der Waals surface area contributed by atoms with Crippen LogP contribution in [0.1, 0.15) is 44.2 Å². The van der Waals surface area contributed by atoms with Crippen LogP contribution in [-0.2, 0) is 16.4 Å². The second kappa shape index (κ2) is 9.75. The van der Waals surface area contributed by atoms with E-state index in [0.29, 0.717) is 29.5 Å². The van der Waals surface area contributed by atoms with Crippen LogP contribution >= 0.6 is 0 Å². The number of nitrogens with one attached hydrogen (secondary N) is 1. The zero-order chi connectivity index (χ0) is 24.3. The molecule has 3 aromatic rings. The molecule has 1 saturated carbocycles. The molecule has 0 unspecified atom stereocenters. The van der Waals surface area contributed by atoms with Gasteiger partial charge in [-0.1, -0.05) is 25.1 Å². The lowest BCUT2D eigenvalue weighted by molar-refractivity contribution is -0.274. The molecular weight excluding hydrogens is 469 g/mol. The van der Waals surface area contributed by atoms with Gasteiger partial charge in [0, 0.05) is 12.1 Å². The van der Waals surface area contributed by atoms with Crippen LogP contribution in [0, 0.1) is 0 Å². The van der Waals surface area contributed by atoms with Crippen molar-refractivity contribution in [2.45, 2.75) is 62.4 Å². The number of nitrogens with zero attached hydrogens (tertiary/aromatic N) is 3. The smallest absolute Gasteiger partial charge is 0.406 e. The summed E-state index contributed by atoms with van der Waals surface area (Å²) in [5.41, 5.74) is 2.00. The van der Waals surface area contributed by atoms with E-state index in [1.165, 1.54) is 24.3 Å². The zero-order valence-electron chi connectivity index (χ0n) is 18.5. The van der Waals surface area contributed by atoms with Gasteiger partial charge in [0.1, 0.15) is 18.4 Å². The number of halogens is 3. The van der Waals surface area contributed by atoms with Gasteiger partial charge < -0.3 is 9.30 Å². The summed E-state index contributed by atoms with van der Waals surface area (Å²) in [7, 11) is -3.76. The fourth-order valence-electron chi connectivity index (χ4n) is 4.37. The van der Waals surface area contributed by atoms with Crippen LogP contribution in [0.4, 0.5) is 13.2 Å². The molecule has 0 radical (unpaired) electrons. The molecule has 1 N–H and O–H groups in total. The molecule has 34 heavy (non-hydrogen) atoms. The van der Waals surface area contributed by atoms with Crippen molar-refractivity contribution in [3.8, 4) is 16.9 Å². The van der Waals surface area contributed by atoms with Crippen LogP contribution in [-0.4, -0.2) is 35.6 Å². The third-order valence-electron chi connectivity index (χ3n) is 5.98. The highest BCUT2D eigenvalue weighted by Crippen LogP contribution is 2.31. The van der Waals surface area contributed by atoms with Crippen molar-refractivity contribution in [1.29, 1.82) is 0 Å². The highest BCUT2D eigenvalue weighted by molar-refractivity contribution is 7.89. The normalized spacial score (nSPS) is 19.2. The Morgan fingerprint density at radius 1 is 1.06 bits per heavy atom. The molecule has 2 atom stereocenters. The molecule has 11 heteroatoms. The van der Waals surface area contributed by atoms with Gasteiger partial charge in [0.2, 0.25) is 10.0 Å². The van der Waals surface area contributed by atoms with Gasteiger partial charge in [-0.05, 0) is 73.1 Å². The SMILES string of the molecule is CCc1cc(-c2ccc(OC(F)(F)F)cc2)ccc1S(=O)(=O)N[C@H]1CCC[C@@H](n2cnnc2)C1. The number of sulfonamides is 1. The van der Waals surface area contributed by atoms with E-state index in [4.69, 9.17) is 0 Å². The standard InChI is InChI=1S/C23H25F3N4O3S/c1-2-16-12-18(17-6-9-21(10-7-17)33-23(24,25)26)8-11-22(16)34(31,32)29-19-4-3-5-20(13-19)30-14-27-28-15-30/h6-12,14-15,19-20,29H,2-5,13H2,1H3/t19-,20+/m0/s1. The molecule has 1 aliphatic carbocycles. The van der Waals surface area contributed by atoms with Gasteiger partial charge in [-0.2, -0.15) is 0 Å². The first-order valence-corrected chi connectivity index (χ1v) is 12.5. The van der Waals surface area contributed by atoms with E-state index in [1.54, 1.807) is 30.9 Å². The minimum absolute atomic E-state index is 0.147. The second-order valence-electron chi connectivity index (χ2n) is 8.30. The number of aromatic nitrogens is 3. The number of hydrogen-bond donors (Lipinski definition) is 1. The topological polar surface area (TPSA) is 86.1 Å². The summed E-state index contributed by atoms with van der Waals surface area (Å²) in [6, 6.07) is 10.4. The Bertz CT molecular complexity index is 1210. The third-order valence-corrected chi connectivity index (χ3v) is 7.60. The van der Waals surface area contributed by atoms with E-state index in [1.807, 2.05) is 11.5 Å². The van der Waals surface area contributed by atoms with Crippen LogP contribution < -0.4 is 9.46 Å². The molecule has 7 nitrogen and oxygen atoms in total. The van der Waals surface area contributed by atoms with Crippen LogP contribution in [0.2, 0.25) is 0 Å². The molecule has 0 saturated heterocycles. The summed E-state index contributed by atoms with van der Waals surface area (Å²) >= 11 is 0. The van der Waals surface area contributed by atoms with E-state index in [9.17, 15) is 21.6 Å². The van der Waals surface area contributed by atoms with Crippen molar-refractivity contribution in [1.82, 2.24) is 19.5 Å². The Kier molecular flexibility index (Phi) is 6.94. The largest absolute Gasteiger partial charge is 0.573 e. The summed E-state index contributed by atoms with van der Waals surface area (Å²) in [5, 5.41) is 7.68. The molecule has 1 aliphatic rings. The minimum atomic E-state index is -4.76. The lowest BCUT2D eigenvalue weighted by Gasteiger charge is -2.30. The zero-order valence-corrected chi connectivity index (χ0v) is 19.3. The molecule has 0 spiro atoms. The number of hydrogen-bond acceptors (Lipinski definition) is 5. The van der Waals surface area contributed by atoms with Crippen molar-refractivity contribution in [3.05, 3.63) is 60.7 Å². The van der Waals surface area contributed by atoms with Gasteiger partial charge in [-0.3, -0.25) is 0 Å². The summed E-state index contributed by atoms with van der Waals surface area (Å²) < 4.78 is 72.3. The van der Waals surface area contributed by atoms with Gasteiger partial charge in [-0.25, -0.2) is 13.1 Å². The number of benzene rings is 2. The van der Waals surface area contributed by atoms with Crippen LogP contribution in [0.3, 0.4) is 0 Å². The van der Waals surface area contributed by atoms with Gasteiger partial charge in [-0.15, -0.1) is 23.4 Å². The van der Waals surface area contributed by atoms with E-state index >= 15 is 0 Å². The fraction of sp³-hybridized carbons (Fsp3) is 0.391. The number of aryl methyl sites for hydroxylation is 1. The molecule has 1 aromatic heterocycles. The highest BCUT2D eigenvalue weighted by atomic mass is 32.2. The van der Waals surface area contributed by atoms with E-state index in [2.05, 4.69) is 19.7 Å². The number of alkyl halides is 3. The number of ether oxygens (including phenoxy) is 1. The van der Waals surface area contributed by atoms with Crippen molar-refractivity contribution in [3.63, 3.8) is 0 Å². The predicted molar refractivity (Wildman–Crippen MR) is 120 cm³/mol. The molecule has 2 aromatic carbocycles. The number of rotatable bonds is 7. The van der Waals surface area contributed by atoms with Crippen molar-refractivity contribution >= 4 is 10.0 Å². The Morgan fingerprint density at radius 2 is 1.74 bits per heavy atom. The van der Waals surface area contributed by atoms with Crippen LogP contribution in [0.15, 0.2) is 60.0 Å². The van der Waals surface area contributed by atoms with E-state index in [0.717, 1.165) is 19.3 Å². The quantitative estimate of drug-likeness (QED) is 0.507. The van der Waals surface area contributed by atoms with Gasteiger partial charge in [0.15, 0.2) is 0 Å². The van der Waals surface area contributed by atoms with Gasteiger partial charge >= 0.3 is 6.36 Å². The van der Waals surface area contributed by atoms with Crippen molar-refractivity contribution < 1.29 is 26.3 Å².